The maximum Gasteiger partial charge on any atom is 0.125 e. The third kappa shape index (κ3) is 3.52. The van der Waals surface area contributed by atoms with E-state index in [2.05, 4.69) is 35.2 Å². The number of methoxy groups -OCH3 is 1. The lowest BCUT2D eigenvalue weighted by Crippen LogP contribution is -2.22. The largest absolute Gasteiger partial charge is 0.496 e. The monoisotopic (exact) mass is 285 g/mol. The third-order valence-electron chi connectivity index (χ3n) is 3.67. The van der Waals surface area contributed by atoms with E-state index in [4.69, 9.17) is 4.74 Å². The average Bonchev–Trinajstić information content (AvgIpc) is 2.54. The molecule has 1 aromatic heterocycles. The van der Waals surface area contributed by atoms with Gasteiger partial charge in [-0.1, -0.05) is 12.1 Å². The van der Waals surface area contributed by atoms with Crippen LogP contribution in [-0.4, -0.2) is 26.2 Å². The van der Waals surface area contributed by atoms with Crippen LogP contribution in [0.5, 0.6) is 5.75 Å². The molecule has 21 heavy (non-hydrogen) atoms. The van der Waals surface area contributed by atoms with Gasteiger partial charge in [0.2, 0.25) is 0 Å². The Kier molecular flexibility index (Phi) is 5.17. The normalized spacial score (nSPS) is 12.0. The molecule has 1 aromatic carbocycles. The second-order valence-corrected chi connectivity index (χ2v) is 5.08. The molecule has 112 valence electrons. The van der Waals surface area contributed by atoms with Gasteiger partial charge < -0.3 is 15.0 Å². The minimum atomic E-state index is 0.210. The zero-order valence-electron chi connectivity index (χ0n) is 13.1. The molecule has 1 atom stereocenters. The van der Waals surface area contributed by atoms with Crippen LogP contribution in [0.4, 0.5) is 5.69 Å². The summed E-state index contributed by atoms with van der Waals surface area (Å²) < 4.78 is 5.53. The Bertz CT molecular complexity index is 572. The number of ether oxygens (including phenoxy) is 1. The van der Waals surface area contributed by atoms with Crippen molar-refractivity contribution in [2.24, 2.45) is 0 Å². The Morgan fingerprint density at radius 2 is 2.05 bits per heavy atom. The Balaban J connectivity index is 2.34. The van der Waals surface area contributed by atoms with Crippen molar-refractivity contribution in [3.8, 4) is 5.75 Å². The number of hydrogen-bond donors (Lipinski definition) is 1. The van der Waals surface area contributed by atoms with Crippen LogP contribution < -0.4 is 15.0 Å². The topological polar surface area (TPSA) is 37.4 Å². The SMILES string of the molecule is CNC(C)c1c(OC)cccc1N(C)Cc1ccccn1. The van der Waals surface area contributed by atoms with E-state index in [0.717, 1.165) is 23.7 Å². The molecule has 0 aliphatic carbocycles. The first kappa shape index (κ1) is 15.3. The Morgan fingerprint density at radius 3 is 2.67 bits per heavy atom. The molecule has 2 rings (SSSR count). The molecule has 0 aliphatic rings. The number of rotatable bonds is 6. The molecule has 1 N–H and O–H groups in total. The number of nitrogens with one attached hydrogen (secondary N) is 1. The zero-order chi connectivity index (χ0) is 15.2. The molecule has 0 bridgehead atoms. The second-order valence-electron chi connectivity index (χ2n) is 5.08. The lowest BCUT2D eigenvalue weighted by molar-refractivity contribution is 0.404. The standard InChI is InChI=1S/C17H23N3O/c1-13(18-2)17-15(9-7-10-16(17)21-4)20(3)12-14-8-5-6-11-19-14/h5-11,13,18H,12H2,1-4H3. The van der Waals surface area contributed by atoms with Gasteiger partial charge in [0.05, 0.1) is 19.3 Å². The van der Waals surface area contributed by atoms with Gasteiger partial charge in [0.15, 0.2) is 0 Å². The molecule has 4 heteroatoms. The number of benzene rings is 1. The van der Waals surface area contributed by atoms with Crippen LogP contribution >= 0.6 is 0 Å². The zero-order valence-corrected chi connectivity index (χ0v) is 13.1. The lowest BCUT2D eigenvalue weighted by Gasteiger charge is -2.26. The number of pyridine rings is 1. The molecular formula is C17H23N3O. The van der Waals surface area contributed by atoms with E-state index >= 15 is 0 Å². The number of hydrogen-bond acceptors (Lipinski definition) is 4. The van der Waals surface area contributed by atoms with Crippen molar-refractivity contribution >= 4 is 5.69 Å². The summed E-state index contributed by atoms with van der Waals surface area (Å²) in [6, 6.07) is 12.3. The predicted octanol–water partition coefficient (Wildman–Crippen LogP) is 3.01. The number of aromatic nitrogens is 1. The Morgan fingerprint density at radius 1 is 1.24 bits per heavy atom. The fraction of sp³-hybridized carbons (Fsp3) is 0.353. The highest BCUT2D eigenvalue weighted by Gasteiger charge is 2.17. The van der Waals surface area contributed by atoms with Crippen molar-refractivity contribution in [2.75, 3.05) is 26.1 Å². The van der Waals surface area contributed by atoms with E-state index < -0.39 is 0 Å². The summed E-state index contributed by atoms with van der Waals surface area (Å²) in [4.78, 5) is 6.60. The number of nitrogens with zero attached hydrogens (tertiary/aromatic N) is 2. The van der Waals surface area contributed by atoms with Crippen molar-refractivity contribution in [3.05, 3.63) is 53.9 Å². The Labute approximate surface area is 126 Å². The van der Waals surface area contributed by atoms with Crippen LogP contribution in [0.1, 0.15) is 24.2 Å². The molecule has 0 saturated heterocycles. The minimum absolute atomic E-state index is 0.210. The highest BCUT2D eigenvalue weighted by atomic mass is 16.5. The smallest absolute Gasteiger partial charge is 0.125 e. The molecule has 0 amide bonds. The summed E-state index contributed by atoms with van der Waals surface area (Å²) >= 11 is 0. The first-order valence-corrected chi connectivity index (χ1v) is 7.12. The van der Waals surface area contributed by atoms with Crippen LogP contribution in [0.2, 0.25) is 0 Å². The molecule has 0 radical (unpaired) electrons. The van der Waals surface area contributed by atoms with E-state index in [0.29, 0.717) is 0 Å². The van der Waals surface area contributed by atoms with Gasteiger partial charge in [0.1, 0.15) is 5.75 Å². The van der Waals surface area contributed by atoms with E-state index in [1.54, 1.807) is 7.11 Å². The first-order valence-electron chi connectivity index (χ1n) is 7.12. The third-order valence-corrected chi connectivity index (χ3v) is 3.67. The average molecular weight is 285 g/mol. The van der Waals surface area contributed by atoms with E-state index in [-0.39, 0.29) is 6.04 Å². The summed E-state index contributed by atoms with van der Waals surface area (Å²) in [5.41, 5.74) is 3.37. The second kappa shape index (κ2) is 7.09. The van der Waals surface area contributed by atoms with Crippen LogP contribution in [0.3, 0.4) is 0 Å². The van der Waals surface area contributed by atoms with E-state index in [9.17, 15) is 0 Å². The quantitative estimate of drug-likeness (QED) is 0.885. The Hall–Kier alpha value is -2.07. The van der Waals surface area contributed by atoms with Crippen molar-refractivity contribution in [1.82, 2.24) is 10.3 Å². The van der Waals surface area contributed by atoms with E-state index in [1.165, 1.54) is 5.56 Å². The predicted molar refractivity (Wildman–Crippen MR) is 86.8 cm³/mol. The van der Waals surface area contributed by atoms with Gasteiger partial charge in [0.25, 0.3) is 0 Å². The van der Waals surface area contributed by atoms with Gasteiger partial charge in [0, 0.05) is 30.5 Å². The molecule has 4 nitrogen and oxygen atoms in total. The van der Waals surface area contributed by atoms with Gasteiger partial charge >= 0.3 is 0 Å². The highest BCUT2D eigenvalue weighted by Crippen LogP contribution is 2.34. The van der Waals surface area contributed by atoms with Gasteiger partial charge in [-0.3, -0.25) is 4.98 Å². The van der Waals surface area contributed by atoms with E-state index in [1.807, 2.05) is 43.6 Å². The lowest BCUT2D eigenvalue weighted by atomic mass is 10.0. The van der Waals surface area contributed by atoms with Crippen LogP contribution in [-0.2, 0) is 6.54 Å². The minimum Gasteiger partial charge on any atom is -0.496 e. The maximum atomic E-state index is 5.53. The summed E-state index contributed by atoms with van der Waals surface area (Å²) in [7, 11) is 5.75. The summed E-state index contributed by atoms with van der Waals surface area (Å²) in [5, 5.41) is 3.29. The molecule has 2 aromatic rings. The van der Waals surface area contributed by atoms with Crippen molar-refractivity contribution < 1.29 is 4.74 Å². The van der Waals surface area contributed by atoms with Gasteiger partial charge in [-0.15, -0.1) is 0 Å². The van der Waals surface area contributed by atoms with Crippen molar-refractivity contribution in [1.29, 1.82) is 0 Å². The first-order chi connectivity index (χ1) is 10.2. The summed E-state index contributed by atoms with van der Waals surface area (Å²) in [6.45, 7) is 2.90. The van der Waals surface area contributed by atoms with Crippen LogP contribution in [0.15, 0.2) is 42.6 Å². The van der Waals surface area contributed by atoms with Gasteiger partial charge in [-0.2, -0.15) is 0 Å². The molecule has 0 fully saturated rings. The number of anilines is 1. The maximum absolute atomic E-state index is 5.53. The van der Waals surface area contributed by atoms with Crippen LogP contribution in [0.25, 0.3) is 0 Å². The van der Waals surface area contributed by atoms with Gasteiger partial charge in [-0.25, -0.2) is 0 Å². The molecule has 0 spiro atoms. The summed E-state index contributed by atoms with van der Waals surface area (Å²) in [6.07, 6.45) is 1.83. The fourth-order valence-electron chi connectivity index (χ4n) is 2.44. The highest BCUT2D eigenvalue weighted by molar-refractivity contribution is 5.60. The van der Waals surface area contributed by atoms with Gasteiger partial charge in [-0.05, 0) is 38.2 Å². The van der Waals surface area contributed by atoms with Crippen LogP contribution in [0, 0.1) is 0 Å². The van der Waals surface area contributed by atoms with Crippen molar-refractivity contribution in [3.63, 3.8) is 0 Å². The molecule has 0 aliphatic heterocycles. The molecular weight excluding hydrogens is 262 g/mol. The van der Waals surface area contributed by atoms with Crippen molar-refractivity contribution in [2.45, 2.75) is 19.5 Å². The summed E-state index contributed by atoms with van der Waals surface area (Å²) in [5.74, 6) is 0.905. The fourth-order valence-corrected chi connectivity index (χ4v) is 2.44. The molecule has 1 unspecified atom stereocenters. The molecule has 0 saturated carbocycles. The molecule has 1 heterocycles.